The molecule has 0 aliphatic heterocycles. The fourth-order valence-corrected chi connectivity index (χ4v) is 2.63. The van der Waals surface area contributed by atoms with Gasteiger partial charge in [0.05, 0.1) is 19.1 Å². The molecule has 3 rings (SSSR count). The molecule has 7 heteroatoms. The molecule has 0 atom stereocenters. The average Bonchev–Trinajstić information content (AvgIpc) is 2.63. The van der Waals surface area contributed by atoms with E-state index in [1.807, 2.05) is 6.92 Å². The number of hydrogen-bond acceptors (Lipinski definition) is 5. The number of rotatable bonds is 5. The average molecular weight is 374 g/mol. The highest BCUT2D eigenvalue weighted by Crippen LogP contribution is 2.30. The van der Waals surface area contributed by atoms with Crippen LogP contribution in [0.3, 0.4) is 0 Å². The van der Waals surface area contributed by atoms with Gasteiger partial charge in [-0.15, -0.1) is 0 Å². The van der Waals surface area contributed by atoms with E-state index >= 15 is 0 Å². The molecule has 0 saturated heterocycles. The van der Waals surface area contributed by atoms with Gasteiger partial charge in [-0.25, -0.2) is 0 Å². The molecule has 0 saturated carbocycles. The first kappa shape index (κ1) is 17.8. The molecule has 0 aliphatic rings. The minimum atomic E-state index is -0.551. The van der Waals surface area contributed by atoms with E-state index in [0.717, 1.165) is 6.07 Å². The number of anilines is 1. The number of nitrogens with one attached hydrogen (secondary N) is 1. The van der Waals surface area contributed by atoms with Crippen LogP contribution in [0.4, 0.5) is 5.69 Å². The van der Waals surface area contributed by atoms with Gasteiger partial charge in [-0.05, 0) is 37.3 Å². The molecule has 3 aromatic rings. The Morgan fingerprint density at radius 2 is 1.96 bits per heavy atom. The quantitative estimate of drug-likeness (QED) is 0.728. The summed E-state index contributed by atoms with van der Waals surface area (Å²) in [6.45, 7) is 2.36. The zero-order valence-electron chi connectivity index (χ0n) is 14.2. The van der Waals surface area contributed by atoms with Crippen LogP contribution in [0, 0.1) is 0 Å². The van der Waals surface area contributed by atoms with E-state index < -0.39 is 5.91 Å². The highest BCUT2D eigenvalue weighted by molar-refractivity contribution is 6.31. The molecule has 6 nitrogen and oxygen atoms in total. The number of amides is 1. The van der Waals surface area contributed by atoms with Crippen molar-refractivity contribution in [3.05, 3.63) is 63.5 Å². The molecule has 1 heterocycles. The molecular weight excluding hydrogens is 358 g/mol. The molecule has 1 amide bonds. The normalized spacial score (nSPS) is 10.6. The van der Waals surface area contributed by atoms with Crippen LogP contribution in [0.1, 0.15) is 17.5 Å². The third-order valence-corrected chi connectivity index (χ3v) is 3.87. The van der Waals surface area contributed by atoms with Crippen LogP contribution >= 0.6 is 11.6 Å². The van der Waals surface area contributed by atoms with Crippen LogP contribution in [0.5, 0.6) is 11.5 Å². The third-order valence-electron chi connectivity index (χ3n) is 3.63. The van der Waals surface area contributed by atoms with Crippen LogP contribution in [0.2, 0.25) is 5.02 Å². The van der Waals surface area contributed by atoms with Gasteiger partial charge < -0.3 is 19.2 Å². The second kappa shape index (κ2) is 7.49. The second-order valence-electron chi connectivity index (χ2n) is 5.37. The van der Waals surface area contributed by atoms with Crippen LogP contribution < -0.4 is 20.2 Å². The van der Waals surface area contributed by atoms with Crippen LogP contribution in [0.15, 0.2) is 51.7 Å². The SMILES string of the molecule is CCOc1ccc(NC(=O)c2cc(=O)c3cc(Cl)ccc3o2)cc1OC. The van der Waals surface area contributed by atoms with E-state index in [9.17, 15) is 9.59 Å². The first-order chi connectivity index (χ1) is 12.5. The minimum absolute atomic E-state index is 0.0994. The van der Waals surface area contributed by atoms with Gasteiger partial charge in [0.1, 0.15) is 5.58 Å². The van der Waals surface area contributed by atoms with Crippen molar-refractivity contribution in [2.24, 2.45) is 0 Å². The lowest BCUT2D eigenvalue weighted by Crippen LogP contribution is -2.15. The Hall–Kier alpha value is -2.99. The minimum Gasteiger partial charge on any atom is -0.493 e. The molecule has 1 N–H and O–H groups in total. The maximum absolute atomic E-state index is 12.4. The molecule has 0 fully saturated rings. The summed E-state index contributed by atoms with van der Waals surface area (Å²) in [5.41, 5.74) is 0.425. The lowest BCUT2D eigenvalue weighted by Gasteiger charge is -2.11. The molecule has 1 aromatic heterocycles. The Morgan fingerprint density at radius 3 is 2.69 bits per heavy atom. The third kappa shape index (κ3) is 3.65. The predicted octanol–water partition coefficient (Wildman–Crippen LogP) is 4.11. The highest BCUT2D eigenvalue weighted by Gasteiger charge is 2.14. The molecule has 0 radical (unpaired) electrons. The van der Waals surface area contributed by atoms with Gasteiger partial charge in [-0.1, -0.05) is 11.6 Å². The van der Waals surface area contributed by atoms with Crippen molar-refractivity contribution in [3.63, 3.8) is 0 Å². The van der Waals surface area contributed by atoms with Crippen molar-refractivity contribution in [2.45, 2.75) is 6.92 Å². The number of fused-ring (bicyclic) bond motifs is 1. The van der Waals surface area contributed by atoms with Crippen molar-refractivity contribution in [1.29, 1.82) is 0 Å². The summed E-state index contributed by atoms with van der Waals surface area (Å²) in [5, 5.41) is 3.41. The van der Waals surface area contributed by atoms with Gasteiger partial charge in [-0.3, -0.25) is 9.59 Å². The van der Waals surface area contributed by atoms with Crippen LogP contribution in [0.25, 0.3) is 11.0 Å². The first-order valence-corrected chi connectivity index (χ1v) is 8.25. The first-order valence-electron chi connectivity index (χ1n) is 7.87. The standard InChI is InChI=1S/C19H16ClNO5/c1-3-25-16-7-5-12(9-17(16)24-2)21-19(23)18-10-14(22)13-8-11(20)4-6-15(13)26-18/h4-10H,3H2,1-2H3,(H,21,23). The van der Waals surface area contributed by atoms with Crippen molar-refractivity contribution >= 4 is 34.2 Å². The largest absolute Gasteiger partial charge is 0.493 e. The Balaban J connectivity index is 1.89. The number of methoxy groups -OCH3 is 1. The maximum Gasteiger partial charge on any atom is 0.291 e. The van der Waals surface area contributed by atoms with Crippen LogP contribution in [-0.4, -0.2) is 19.6 Å². The summed E-state index contributed by atoms with van der Waals surface area (Å²) < 4.78 is 16.2. The van der Waals surface area contributed by atoms with Crippen molar-refractivity contribution < 1.29 is 18.7 Å². The zero-order chi connectivity index (χ0) is 18.7. The number of hydrogen-bond donors (Lipinski definition) is 1. The van der Waals surface area contributed by atoms with Gasteiger partial charge in [-0.2, -0.15) is 0 Å². The lowest BCUT2D eigenvalue weighted by atomic mass is 10.2. The van der Waals surface area contributed by atoms with Gasteiger partial charge >= 0.3 is 0 Å². The fourth-order valence-electron chi connectivity index (χ4n) is 2.45. The van der Waals surface area contributed by atoms with E-state index in [0.29, 0.717) is 34.2 Å². The van der Waals surface area contributed by atoms with E-state index in [1.54, 1.807) is 30.3 Å². The number of carbonyl (C=O) groups excluding carboxylic acids is 1. The van der Waals surface area contributed by atoms with Gasteiger partial charge in [0.15, 0.2) is 22.7 Å². The maximum atomic E-state index is 12.4. The summed E-state index contributed by atoms with van der Waals surface area (Å²) >= 11 is 5.88. The Bertz CT molecular complexity index is 1030. The molecule has 26 heavy (non-hydrogen) atoms. The lowest BCUT2D eigenvalue weighted by molar-refractivity contribution is 0.0997. The zero-order valence-corrected chi connectivity index (χ0v) is 14.9. The Labute approximate surface area is 154 Å². The Kier molecular flexibility index (Phi) is 5.14. The van der Waals surface area contributed by atoms with Gasteiger partial charge in [0, 0.05) is 22.8 Å². The summed E-state index contributed by atoms with van der Waals surface area (Å²) in [6, 6.07) is 10.8. The number of carbonyl (C=O) groups is 1. The summed E-state index contributed by atoms with van der Waals surface area (Å²) in [7, 11) is 1.51. The van der Waals surface area contributed by atoms with E-state index in [-0.39, 0.29) is 16.8 Å². The van der Waals surface area contributed by atoms with Crippen molar-refractivity contribution in [3.8, 4) is 11.5 Å². The molecule has 0 aliphatic carbocycles. The second-order valence-corrected chi connectivity index (χ2v) is 5.80. The molecule has 134 valence electrons. The predicted molar refractivity (Wildman–Crippen MR) is 99.6 cm³/mol. The monoisotopic (exact) mass is 373 g/mol. The molecule has 2 aromatic carbocycles. The van der Waals surface area contributed by atoms with Gasteiger partial charge in [0.25, 0.3) is 5.91 Å². The smallest absolute Gasteiger partial charge is 0.291 e. The van der Waals surface area contributed by atoms with E-state index in [2.05, 4.69) is 5.32 Å². The highest BCUT2D eigenvalue weighted by atomic mass is 35.5. The topological polar surface area (TPSA) is 77.8 Å². The molecular formula is C19H16ClNO5. The molecule has 0 bridgehead atoms. The van der Waals surface area contributed by atoms with E-state index in [4.69, 9.17) is 25.5 Å². The number of halogens is 1. The van der Waals surface area contributed by atoms with Crippen molar-refractivity contribution in [2.75, 3.05) is 19.0 Å². The number of ether oxygens (including phenoxy) is 2. The van der Waals surface area contributed by atoms with Gasteiger partial charge in [0.2, 0.25) is 0 Å². The van der Waals surface area contributed by atoms with Crippen LogP contribution in [-0.2, 0) is 0 Å². The summed E-state index contributed by atoms with van der Waals surface area (Å²) in [4.78, 5) is 24.6. The van der Waals surface area contributed by atoms with E-state index in [1.165, 1.54) is 13.2 Å². The Morgan fingerprint density at radius 1 is 1.15 bits per heavy atom. The summed E-state index contributed by atoms with van der Waals surface area (Å²) in [5.74, 6) is 0.407. The number of benzene rings is 2. The fraction of sp³-hybridized carbons (Fsp3) is 0.158. The summed E-state index contributed by atoms with van der Waals surface area (Å²) in [6.07, 6.45) is 0. The molecule has 0 unspecified atom stereocenters. The molecule has 0 spiro atoms. The van der Waals surface area contributed by atoms with Crippen molar-refractivity contribution in [1.82, 2.24) is 0 Å².